The standard InChI is InChI=1S/C11H16BrNO.ClH/c1-11(2,7-14)10(13)8-3-5-9(12)6-4-8;/h3-6,10,14H,7,13H2,1-2H3;1H/t10-;/m1./s1. The van der Waals surface area contributed by atoms with Crippen molar-refractivity contribution >= 4 is 28.3 Å². The molecule has 0 bridgehead atoms. The van der Waals surface area contributed by atoms with Crippen molar-refractivity contribution < 1.29 is 5.11 Å². The molecular weight excluding hydrogens is 277 g/mol. The monoisotopic (exact) mass is 293 g/mol. The van der Waals surface area contributed by atoms with Gasteiger partial charge in [0.25, 0.3) is 0 Å². The Kier molecular flexibility index (Phi) is 5.81. The van der Waals surface area contributed by atoms with Gasteiger partial charge in [0.05, 0.1) is 0 Å². The van der Waals surface area contributed by atoms with Crippen molar-refractivity contribution in [1.29, 1.82) is 0 Å². The van der Waals surface area contributed by atoms with Gasteiger partial charge in [0.2, 0.25) is 0 Å². The van der Waals surface area contributed by atoms with Crippen molar-refractivity contribution in [3.63, 3.8) is 0 Å². The second-order valence-corrected chi connectivity index (χ2v) is 5.09. The average molecular weight is 295 g/mol. The Morgan fingerprint density at radius 1 is 1.33 bits per heavy atom. The van der Waals surface area contributed by atoms with Gasteiger partial charge in [-0.2, -0.15) is 0 Å². The summed E-state index contributed by atoms with van der Waals surface area (Å²) >= 11 is 3.37. The van der Waals surface area contributed by atoms with Crippen molar-refractivity contribution in [3.8, 4) is 0 Å². The molecule has 0 heterocycles. The predicted molar refractivity (Wildman–Crippen MR) is 69.2 cm³/mol. The highest BCUT2D eigenvalue weighted by atomic mass is 79.9. The molecule has 3 N–H and O–H groups in total. The number of halogens is 2. The zero-order chi connectivity index (χ0) is 10.8. The molecule has 0 aliphatic heterocycles. The van der Waals surface area contributed by atoms with E-state index in [4.69, 9.17) is 5.73 Å². The lowest BCUT2D eigenvalue weighted by molar-refractivity contribution is 0.132. The van der Waals surface area contributed by atoms with Gasteiger partial charge in [-0.05, 0) is 17.7 Å². The maximum atomic E-state index is 9.19. The summed E-state index contributed by atoms with van der Waals surface area (Å²) < 4.78 is 1.04. The fourth-order valence-electron chi connectivity index (χ4n) is 1.22. The summed E-state index contributed by atoms with van der Waals surface area (Å²) in [5.41, 5.74) is 6.82. The number of benzene rings is 1. The SMILES string of the molecule is CC(C)(CO)[C@H](N)c1ccc(Br)cc1.Cl. The number of aliphatic hydroxyl groups is 1. The topological polar surface area (TPSA) is 46.2 Å². The van der Waals surface area contributed by atoms with Crippen LogP contribution in [0.5, 0.6) is 0 Å². The van der Waals surface area contributed by atoms with Crippen LogP contribution >= 0.6 is 28.3 Å². The van der Waals surface area contributed by atoms with Crippen LogP contribution in [-0.2, 0) is 0 Å². The molecule has 1 aromatic rings. The highest BCUT2D eigenvalue weighted by Crippen LogP contribution is 2.30. The second-order valence-electron chi connectivity index (χ2n) is 4.18. The van der Waals surface area contributed by atoms with Crippen LogP contribution < -0.4 is 5.73 Å². The average Bonchev–Trinajstić information content (AvgIpc) is 2.18. The summed E-state index contributed by atoms with van der Waals surface area (Å²) in [6.45, 7) is 4.00. The number of rotatable bonds is 3. The van der Waals surface area contributed by atoms with Gasteiger partial charge in [-0.3, -0.25) is 0 Å². The maximum Gasteiger partial charge on any atom is 0.0500 e. The Balaban J connectivity index is 0.00000196. The zero-order valence-corrected chi connectivity index (χ0v) is 11.3. The Morgan fingerprint density at radius 3 is 2.20 bits per heavy atom. The molecule has 15 heavy (non-hydrogen) atoms. The Hall–Kier alpha value is -0.0900. The third-order valence-electron chi connectivity index (χ3n) is 2.48. The summed E-state index contributed by atoms with van der Waals surface area (Å²) in [7, 11) is 0. The minimum Gasteiger partial charge on any atom is -0.396 e. The van der Waals surface area contributed by atoms with E-state index in [9.17, 15) is 5.11 Å². The lowest BCUT2D eigenvalue weighted by Gasteiger charge is -2.29. The van der Waals surface area contributed by atoms with Crippen LogP contribution in [0.3, 0.4) is 0 Å². The molecule has 1 rings (SSSR count). The van der Waals surface area contributed by atoms with Crippen LogP contribution in [0.1, 0.15) is 25.5 Å². The summed E-state index contributed by atoms with van der Waals surface area (Å²) in [5, 5.41) is 9.19. The minimum atomic E-state index is -0.284. The van der Waals surface area contributed by atoms with Gasteiger partial charge in [-0.1, -0.05) is 41.9 Å². The molecule has 1 atom stereocenters. The first kappa shape index (κ1) is 14.9. The predicted octanol–water partition coefficient (Wildman–Crippen LogP) is 2.89. The number of aliphatic hydroxyl groups excluding tert-OH is 1. The molecule has 0 unspecified atom stereocenters. The highest BCUT2D eigenvalue weighted by Gasteiger charge is 2.26. The highest BCUT2D eigenvalue weighted by molar-refractivity contribution is 9.10. The maximum absolute atomic E-state index is 9.19. The lowest BCUT2D eigenvalue weighted by atomic mass is 9.82. The molecule has 0 aliphatic rings. The van der Waals surface area contributed by atoms with Gasteiger partial charge >= 0.3 is 0 Å². The van der Waals surface area contributed by atoms with E-state index in [-0.39, 0.29) is 30.5 Å². The summed E-state index contributed by atoms with van der Waals surface area (Å²) in [6.07, 6.45) is 0. The van der Waals surface area contributed by atoms with E-state index in [1.54, 1.807) is 0 Å². The lowest BCUT2D eigenvalue weighted by Crippen LogP contribution is -2.32. The Labute approximate surface area is 105 Å². The normalized spacial score (nSPS) is 13.1. The van der Waals surface area contributed by atoms with Crippen molar-refractivity contribution in [1.82, 2.24) is 0 Å². The van der Waals surface area contributed by atoms with E-state index >= 15 is 0 Å². The van der Waals surface area contributed by atoms with Gasteiger partial charge < -0.3 is 10.8 Å². The van der Waals surface area contributed by atoms with Gasteiger partial charge in [-0.25, -0.2) is 0 Å². The summed E-state index contributed by atoms with van der Waals surface area (Å²) in [4.78, 5) is 0. The smallest absolute Gasteiger partial charge is 0.0500 e. The molecule has 0 amide bonds. The first-order valence-corrected chi connectivity index (χ1v) is 5.38. The molecule has 4 heteroatoms. The zero-order valence-electron chi connectivity index (χ0n) is 8.90. The van der Waals surface area contributed by atoms with E-state index in [1.165, 1.54) is 0 Å². The van der Waals surface area contributed by atoms with Crippen LogP contribution in [-0.4, -0.2) is 11.7 Å². The van der Waals surface area contributed by atoms with Crippen LogP contribution in [0.2, 0.25) is 0 Å². The van der Waals surface area contributed by atoms with Crippen molar-refractivity contribution in [2.45, 2.75) is 19.9 Å². The largest absolute Gasteiger partial charge is 0.396 e. The van der Waals surface area contributed by atoms with E-state index in [1.807, 2.05) is 38.1 Å². The molecular formula is C11H17BrClNO. The van der Waals surface area contributed by atoms with E-state index in [2.05, 4.69) is 15.9 Å². The van der Waals surface area contributed by atoms with Gasteiger partial charge in [-0.15, -0.1) is 12.4 Å². The minimum absolute atomic E-state index is 0. The molecule has 0 spiro atoms. The van der Waals surface area contributed by atoms with E-state index in [0.29, 0.717) is 0 Å². The fraction of sp³-hybridized carbons (Fsp3) is 0.455. The summed E-state index contributed by atoms with van der Waals surface area (Å²) in [5.74, 6) is 0. The quantitative estimate of drug-likeness (QED) is 0.900. The molecule has 0 aromatic heterocycles. The van der Waals surface area contributed by atoms with Crippen molar-refractivity contribution in [2.75, 3.05) is 6.61 Å². The molecule has 86 valence electrons. The van der Waals surface area contributed by atoms with Crippen LogP contribution in [0, 0.1) is 5.41 Å². The van der Waals surface area contributed by atoms with Crippen LogP contribution in [0.4, 0.5) is 0 Å². The molecule has 2 nitrogen and oxygen atoms in total. The third kappa shape index (κ3) is 3.76. The first-order chi connectivity index (χ1) is 6.47. The summed E-state index contributed by atoms with van der Waals surface area (Å²) in [6, 6.07) is 7.74. The van der Waals surface area contributed by atoms with Gasteiger partial charge in [0.15, 0.2) is 0 Å². The van der Waals surface area contributed by atoms with E-state index < -0.39 is 0 Å². The number of hydrogen-bond donors (Lipinski definition) is 2. The van der Waals surface area contributed by atoms with Crippen LogP contribution in [0.25, 0.3) is 0 Å². The number of nitrogens with two attached hydrogens (primary N) is 1. The molecule has 0 saturated carbocycles. The van der Waals surface area contributed by atoms with Crippen molar-refractivity contribution in [2.24, 2.45) is 11.1 Å². The molecule has 0 saturated heterocycles. The third-order valence-corrected chi connectivity index (χ3v) is 3.01. The Bertz CT molecular complexity index is 300. The molecule has 0 radical (unpaired) electrons. The molecule has 1 aromatic carbocycles. The molecule has 0 fully saturated rings. The Morgan fingerprint density at radius 2 is 1.80 bits per heavy atom. The first-order valence-electron chi connectivity index (χ1n) is 4.59. The fourth-order valence-corrected chi connectivity index (χ4v) is 1.48. The van der Waals surface area contributed by atoms with Gasteiger partial charge in [0.1, 0.15) is 0 Å². The number of hydrogen-bond acceptors (Lipinski definition) is 2. The van der Waals surface area contributed by atoms with Crippen LogP contribution in [0.15, 0.2) is 28.7 Å². The van der Waals surface area contributed by atoms with Crippen molar-refractivity contribution in [3.05, 3.63) is 34.3 Å². The van der Waals surface area contributed by atoms with E-state index in [0.717, 1.165) is 10.0 Å². The van der Waals surface area contributed by atoms with Gasteiger partial charge in [0, 0.05) is 22.5 Å². The molecule has 0 aliphatic carbocycles. The second kappa shape index (κ2) is 5.85.